The number of Topliss-reactive ketones (excluding diaryl/α,β-unsaturated/α-hetero) is 1. The third-order valence-electron chi connectivity index (χ3n) is 4.88. The van der Waals surface area contributed by atoms with Gasteiger partial charge in [-0.05, 0) is 48.5 Å². The van der Waals surface area contributed by atoms with Crippen LogP contribution in [0.25, 0.3) is 11.1 Å². The highest BCUT2D eigenvalue weighted by molar-refractivity contribution is 7.99. The van der Waals surface area contributed by atoms with Gasteiger partial charge in [0.2, 0.25) is 11.7 Å². The monoisotopic (exact) mass is 544 g/mol. The number of benzene rings is 3. The van der Waals surface area contributed by atoms with Crippen LogP contribution < -0.4 is 10.1 Å². The van der Waals surface area contributed by atoms with Crippen LogP contribution in [0.5, 0.6) is 5.75 Å². The van der Waals surface area contributed by atoms with Gasteiger partial charge < -0.3 is 19.2 Å². The van der Waals surface area contributed by atoms with E-state index in [-0.39, 0.29) is 33.5 Å². The fourth-order valence-corrected chi connectivity index (χ4v) is 4.32. The molecule has 1 N–H and O–H groups in total. The van der Waals surface area contributed by atoms with E-state index < -0.39 is 18.4 Å². The number of halogens is 2. The van der Waals surface area contributed by atoms with E-state index >= 15 is 0 Å². The van der Waals surface area contributed by atoms with Crippen LogP contribution in [-0.2, 0) is 9.53 Å². The number of ether oxygens (including phenoxy) is 2. The van der Waals surface area contributed by atoms with Crippen LogP contribution in [0.1, 0.15) is 20.7 Å². The Hall–Kier alpha value is -3.53. The quantitative estimate of drug-likeness (QED) is 0.157. The van der Waals surface area contributed by atoms with Gasteiger partial charge in [0.15, 0.2) is 12.2 Å². The lowest BCUT2D eigenvalue weighted by Crippen LogP contribution is -2.17. The van der Waals surface area contributed by atoms with Gasteiger partial charge in [0.05, 0.1) is 29.1 Å². The fourth-order valence-electron chi connectivity index (χ4n) is 3.17. The Kier molecular flexibility index (Phi) is 8.14. The minimum absolute atomic E-state index is 0.0149. The average Bonchev–Trinajstić information content (AvgIpc) is 3.29. The van der Waals surface area contributed by atoms with Crippen LogP contribution in [0, 0.1) is 0 Å². The number of methoxy groups -OCH3 is 1. The largest absolute Gasteiger partial charge is 0.495 e. The standard InChI is InChI=1S/C25H18Cl2N2O6S/c1-33-21-9-6-14(24(32)34-12-20(30)16-8-7-15(26)11-17(16)27)10-19(21)28-23(31)13-36-25-29-18-4-2-3-5-22(18)35-25/h2-11H,12-13H2,1H3,(H,28,31). The van der Waals surface area contributed by atoms with Gasteiger partial charge in [0, 0.05) is 10.6 Å². The van der Waals surface area contributed by atoms with Crippen LogP contribution in [0.3, 0.4) is 0 Å². The van der Waals surface area contributed by atoms with E-state index in [0.29, 0.717) is 27.1 Å². The molecule has 0 saturated heterocycles. The van der Waals surface area contributed by atoms with Crippen LogP contribution in [-0.4, -0.2) is 42.1 Å². The minimum Gasteiger partial charge on any atom is -0.495 e. The summed E-state index contributed by atoms with van der Waals surface area (Å²) in [5, 5.41) is 3.61. The maximum absolute atomic E-state index is 12.5. The number of anilines is 1. The number of aromatic nitrogens is 1. The number of carbonyl (C=O) groups is 3. The number of carbonyl (C=O) groups excluding carboxylic acids is 3. The van der Waals surface area contributed by atoms with Gasteiger partial charge in [0.1, 0.15) is 11.3 Å². The average molecular weight is 545 g/mol. The molecule has 0 radical (unpaired) electrons. The molecule has 4 rings (SSSR count). The van der Waals surface area contributed by atoms with Crippen molar-refractivity contribution in [2.75, 3.05) is 24.8 Å². The fraction of sp³-hybridized carbons (Fsp3) is 0.120. The second-order valence-electron chi connectivity index (χ2n) is 7.32. The molecule has 0 atom stereocenters. The Morgan fingerprint density at radius 2 is 1.86 bits per heavy atom. The van der Waals surface area contributed by atoms with Gasteiger partial charge in [-0.15, -0.1) is 0 Å². The van der Waals surface area contributed by atoms with E-state index in [2.05, 4.69) is 10.3 Å². The zero-order chi connectivity index (χ0) is 25.7. The van der Waals surface area contributed by atoms with E-state index in [1.54, 1.807) is 6.07 Å². The second-order valence-corrected chi connectivity index (χ2v) is 9.09. The zero-order valence-electron chi connectivity index (χ0n) is 18.7. The first-order chi connectivity index (χ1) is 17.3. The van der Waals surface area contributed by atoms with Gasteiger partial charge >= 0.3 is 5.97 Å². The highest BCUT2D eigenvalue weighted by atomic mass is 35.5. The number of hydrogen-bond acceptors (Lipinski definition) is 8. The molecule has 1 aromatic heterocycles. The molecule has 0 spiro atoms. The van der Waals surface area contributed by atoms with Gasteiger partial charge in [-0.1, -0.05) is 47.1 Å². The van der Waals surface area contributed by atoms with Crippen molar-refractivity contribution in [3.05, 3.63) is 81.8 Å². The number of amides is 1. The molecule has 36 heavy (non-hydrogen) atoms. The third-order valence-corrected chi connectivity index (χ3v) is 6.25. The van der Waals surface area contributed by atoms with Crippen molar-refractivity contribution in [1.82, 2.24) is 4.98 Å². The number of nitrogens with one attached hydrogen (secondary N) is 1. The number of ketones is 1. The van der Waals surface area contributed by atoms with Crippen molar-refractivity contribution < 1.29 is 28.3 Å². The molecule has 0 aliphatic rings. The van der Waals surface area contributed by atoms with Gasteiger partial charge in [-0.3, -0.25) is 9.59 Å². The third kappa shape index (κ3) is 6.17. The summed E-state index contributed by atoms with van der Waals surface area (Å²) in [5.74, 6) is -1.24. The number of rotatable bonds is 9. The predicted octanol–water partition coefficient (Wildman–Crippen LogP) is 5.91. The summed E-state index contributed by atoms with van der Waals surface area (Å²) in [6.07, 6.45) is 0. The summed E-state index contributed by atoms with van der Waals surface area (Å²) in [5.41, 5.74) is 1.90. The SMILES string of the molecule is COc1ccc(C(=O)OCC(=O)c2ccc(Cl)cc2Cl)cc1NC(=O)CSc1nc2ccccc2o1. The first kappa shape index (κ1) is 25.6. The highest BCUT2D eigenvalue weighted by Crippen LogP contribution is 2.28. The van der Waals surface area contributed by atoms with E-state index in [1.165, 1.54) is 43.5 Å². The number of thioether (sulfide) groups is 1. The molecule has 1 amide bonds. The van der Waals surface area contributed by atoms with Gasteiger partial charge in [-0.2, -0.15) is 0 Å². The highest BCUT2D eigenvalue weighted by Gasteiger charge is 2.17. The lowest BCUT2D eigenvalue weighted by molar-refractivity contribution is -0.113. The summed E-state index contributed by atoms with van der Waals surface area (Å²) in [6.45, 7) is -0.519. The first-order valence-electron chi connectivity index (χ1n) is 10.5. The summed E-state index contributed by atoms with van der Waals surface area (Å²) in [7, 11) is 1.44. The number of fused-ring (bicyclic) bond motifs is 1. The summed E-state index contributed by atoms with van der Waals surface area (Å²) in [4.78, 5) is 41.8. The molecular formula is C25H18Cl2N2O6S. The maximum Gasteiger partial charge on any atom is 0.338 e. The predicted molar refractivity (Wildman–Crippen MR) is 137 cm³/mol. The molecule has 0 bridgehead atoms. The van der Waals surface area contributed by atoms with E-state index in [1.807, 2.05) is 18.2 Å². The Labute approximate surface area is 219 Å². The molecule has 11 heteroatoms. The lowest BCUT2D eigenvalue weighted by Gasteiger charge is -2.12. The number of para-hydroxylation sites is 2. The Balaban J connectivity index is 1.38. The van der Waals surface area contributed by atoms with E-state index in [4.69, 9.17) is 37.1 Å². The number of esters is 1. The van der Waals surface area contributed by atoms with Crippen LogP contribution in [0.15, 0.2) is 70.3 Å². The van der Waals surface area contributed by atoms with Crippen molar-refractivity contribution in [1.29, 1.82) is 0 Å². The molecule has 0 saturated carbocycles. The second kappa shape index (κ2) is 11.5. The van der Waals surface area contributed by atoms with Crippen molar-refractivity contribution in [3.63, 3.8) is 0 Å². The summed E-state index contributed by atoms with van der Waals surface area (Å²) >= 11 is 13.0. The molecule has 8 nitrogen and oxygen atoms in total. The Morgan fingerprint density at radius 1 is 1.06 bits per heavy atom. The van der Waals surface area contributed by atoms with E-state index in [0.717, 1.165) is 11.8 Å². The molecule has 4 aromatic rings. The van der Waals surface area contributed by atoms with Gasteiger partial charge in [-0.25, -0.2) is 9.78 Å². The van der Waals surface area contributed by atoms with Gasteiger partial charge in [0.25, 0.3) is 5.22 Å². The maximum atomic E-state index is 12.5. The molecule has 1 heterocycles. The first-order valence-corrected chi connectivity index (χ1v) is 12.2. The van der Waals surface area contributed by atoms with Crippen LogP contribution >= 0.6 is 35.0 Å². The normalized spacial score (nSPS) is 10.8. The summed E-state index contributed by atoms with van der Waals surface area (Å²) < 4.78 is 16.0. The Morgan fingerprint density at radius 3 is 2.61 bits per heavy atom. The molecule has 3 aromatic carbocycles. The molecular weight excluding hydrogens is 527 g/mol. The minimum atomic E-state index is -0.757. The summed E-state index contributed by atoms with van der Waals surface area (Å²) in [6, 6.07) is 16.1. The van der Waals surface area contributed by atoms with E-state index in [9.17, 15) is 14.4 Å². The molecule has 0 aliphatic heterocycles. The Bertz CT molecular complexity index is 1420. The topological polar surface area (TPSA) is 108 Å². The molecule has 184 valence electrons. The number of hydrogen-bond donors (Lipinski definition) is 1. The zero-order valence-corrected chi connectivity index (χ0v) is 21.1. The number of nitrogens with zero attached hydrogens (tertiary/aromatic N) is 1. The smallest absolute Gasteiger partial charge is 0.338 e. The number of oxazole rings is 1. The van der Waals surface area contributed by atoms with Crippen LogP contribution in [0.2, 0.25) is 10.0 Å². The van der Waals surface area contributed by atoms with Crippen molar-refractivity contribution in [2.45, 2.75) is 5.22 Å². The van der Waals surface area contributed by atoms with Crippen molar-refractivity contribution >= 4 is 69.4 Å². The van der Waals surface area contributed by atoms with Crippen molar-refractivity contribution in [3.8, 4) is 5.75 Å². The molecule has 0 aliphatic carbocycles. The lowest BCUT2D eigenvalue weighted by atomic mass is 10.1. The van der Waals surface area contributed by atoms with Crippen molar-refractivity contribution in [2.24, 2.45) is 0 Å². The van der Waals surface area contributed by atoms with Crippen LogP contribution in [0.4, 0.5) is 5.69 Å². The molecule has 0 unspecified atom stereocenters. The molecule has 0 fully saturated rings.